The van der Waals surface area contributed by atoms with Crippen molar-refractivity contribution >= 4 is 15.5 Å². The Balaban J connectivity index is 2.09. The molecule has 0 unspecified atom stereocenters. The van der Waals surface area contributed by atoms with Crippen LogP contribution >= 0.6 is 0 Å². The van der Waals surface area contributed by atoms with Gasteiger partial charge < -0.3 is 9.84 Å². The largest absolute Gasteiger partial charge is 0.501 e. The van der Waals surface area contributed by atoms with Crippen LogP contribution < -0.4 is 5.32 Å². The minimum atomic E-state index is -5.31. The van der Waals surface area contributed by atoms with Crippen molar-refractivity contribution in [2.45, 2.75) is 23.9 Å². The highest BCUT2D eigenvalue weighted by Gasteiger charge is 2.46. The van der Waals surface area contributed by atoms with Crippen molar-refractivity contribution in [3.63, 3.8) is 0 Å². The summed E-state index contributed by atoms with van der Waals surface area (Å²) in [6.07, 6.45) is 0. The zero-order chi connectivity index (χ0) is 15.7. The van der Waals surface area contributed by atoms with Gasteiger partial charge in [0, 0.05) is 11.8 Å². The Morgan fingerprint density at radius 1 is 1.24 bits per heavy atom. The lowest BCUT2D eigenvalue weighted by Crippen LogP contribution is -2.23. The van der Waals surface area contributed by atoms with E-state index in [1.165, 1.54) is 12.1 Å². The number of hydrogen-bond acceptors (Lipinski definition) is 5. The van der Waals surface area contributed by atoms with E-state index < -0.39 is 20.2 Å². The zero-order valence-corrected chi connectivity index (χ0v) is 11.6. The maximum absolute atomic E-state index is 12.4. The van der Waals surface area contributed by atoms with E-state index in [1.54, 1.807) is 13.0 Å². The fraction of sp³-hybridized carbons (Fsp3) is 0.250. The Morgan fingerprint density at radius 2 is 1.86 bits per heavy atom. The van der Waals surface area contributed by atoms with Gasteiger partial charge in [0.1, 0.15) is 0 Å². The van der Waals surface area contributed by atoms with Crippen LogP contribution in [0.3, 0.4) is 0 Å². The summed E-state index contributed by atoms with van der Waals surface area (Å²) in [5.41, 5.74) is -4.14. The normalized spacial score (nSPS) is 12.4. The van der Waals surface area contributed by atoms with Crippen LogP contribution in [0.15, 0.2) is 39.8 Å². The van der Waals surface area contributed by atoms with E-state index in [0.717, 1.165) is 12.1 Å². The second kappa shape index (κ2) is 5.40. The molecule has 0 saturated heterocycles. The van der Waals surface area contributed by atoms with Crippen LogP contribution in [0.1, 0.15) is 11.5 Å². The molecule has 0 aliphatic heterocycles. The van der Waals surface area contributed by atoms with E-state index in [2.05, 4.69) is 10.5 Å². The molecule has 114 valence electrons. The molecular formula is C12H11F3N2O3S. The molecule has 1 aromatic heterocycles. The molecule has 1 aromatic carbocycles. The molecule has 0 aliphatic rings. The molecule has 0 saturated carbocycles. The third-order valence-electron chi connectivity index (χ3n) is 2.61. The first-order chi connectivity index (χ1) is 9.70. The number of rotatable bonds is 4. The van der Waals surface area contributed by atoms with Crippen molar-refractivity contribution in [1.29, 1.82) is 0 Å². The number of hydrogen-bond donors (Lipinski definition) is 1. The topological polar surface area (TPSA) is 72.2 Å². The molecule has 0 bridgehead atoms. The number of benzene rings is 1. The number of halogens is 3. The van der Waals surface area contributed by atoms with Gasteiger partial charge in [-0.3, -0.25) is 0 Å². The first-order valence-electron chi connectivity index (χ1n) is 5.77. The van der Waals surface area contributed by atoms with Crippen molar-refractivity contribution < 1.29 is 26.1 Å². The minimum absolute atomic E-state index is 0.284. The summed E-state index contributed by atoms with van der Waals surface area (Å²) in [6.45, 7) is 2.04. The molecule has 0 atom stereocenters. The fourth-order valence-corrected chi connectivity index (χ4v) is 2.34. The number of alkyl halides is 3. The van der Waals surface area contributed by atoms with Gasteiger partial charge in [-0.2, -0.15) is 13.2 Å². The van der Waals surface area contributed by atoms with Crippen LogP contribution in [0.2, 0.25) is 0 Å². The van der Waals surface area contributed by atoms with Crippen molar-refractivity contribution in [1.82, 2.24) is 5.16 Å². The summed E-state index contributed by atoms with van der Waals surface area (Å²) >= 11 is 0. The summed E-state index contributed by atoms with van der Waals surface area (Å²) in [6, 6.07) is 6.01. The maximum Gasteiger partial charge on any atom is 0.501 e. The Morgan fingerprint density at radius 3 is 2.33 bits per heavy atom. The molecule has 0 radical (unpaired) electrons. The Hall–Kier alpha value is -2.03. The molecule has 1 heterocycles. The Labute approximate surface area is 118 Å². The maximum atomic E-state index is 12.4. The lowest BCUT2D eigenvalue weighted by Gasteiger charge is -2.09. The van der Waals surface area contributed by atoms with Gasteiger partial charge in [-0.15, -0.1) is 0 Å². The predicted molar refractivity (Wildman–Crippen MR) is 68.2 cm³/mol. The number of sulfone groups is 1. The monoisotopic (exact) mass is 320 g/mol. The third kappa shape index (κ3) is 3.35. The lowest BCUT2D eigenvalue weighted by atomic mass is 10.3. The molecular weight excluding hydrogens is 309 g/mol. The molecule has 5 nitrogen and oxygen atoms in total. The summed E-state index contributed by atoms with van der Waals surface area (Å²) < 4.78 is 64.4. The van der Waals surface area contributed by atoms with Crippen molar-refractivity contribution in [2.24, 2.45) is 0 Å². The first kappa shape index (κ1) is 15.4. The van der Waals surface area contributed by atoms with E-state index in [4.69, 9.17) is 4.52 Å². The summed E-state index contributed by atoms with van der Waals surface area (Å²) in [4.78, 5) is -0.795. The highest BCUT2D eigenvalue weighted by atomic mass is 32.2. The highest BCUT2D eigenvalue weighted by Crippen LogP contribution is 2.30. The second-order valence-corrected chi connectivity index (χ2v) is 6.20. The number of aromatic nitrogens is 1. The van der Waals surface area contributed by atoms with Crippen LogP contribution in [0.5, 0.6) is 0 Å². The van der Waals surface area contributed by atoms with Crippen molar-refractivity contribution in [2.75, 3.05) is 5.32 Å². The third-order valence-corrected chi connectivity index (χ3v) is 4.12. The molecule has 9 heteroatoms. The van der Waals surface area contributed by atoms with E-state index in [9.17, 15) is 21.6 Å². The zero-order valence-electron chi connectivity index (χ0n) is 10.8. The summed E-state index contributed by atoms with van der Waals surface area (Å²) in [5.74, 6) is 0.555. The van der Waals surface area contributed by atoms with Gasteiger partial charge in [0.05, 0.1) is 17.1 Å². The number of aryl methyl sites for hydroxylation is 1. The number of anilines is 1. The Kier molecular flexibility index (Phi) is 3.95. The first-order valence-corrected chi connectivity index (χ1v) is 7.26. The van der Waals surface area contributed by atoms with Crippen LogP contribution in [0.25, 0.3) is 0 Å². The highest BCUT2D eigenvalue weighted by molar-refractivity contribution is 7.92. The van der Waals surface area contributed by atoms with Crippen molar-refractivity contribution in [3.8, 4) is 0 Å². The van der Waals surface area contributed by atoms with Gasteiger partial charge in [0.25, 0.3) is 9.84 Å². The molecule has 1 N–H and O–H groups in total. The molecule has 0 spiro atoms. The van der Waals surface area contributed by atoms with Gasteiger partial charge in [-0.1, -0.05) is 5.16 Å². The summed E-state index contributed by atoms with van der Waals surface area (Å²) in [5, 5.41) is 6.56. The average molecular weight is 320 g/mol. The van der Waals surface area contributed by atoms with E-state index in [0.29, 0.717) is 17.1 Å². The van der Waals surface area contributed by atoms with Gasteiger partial charge in [0.15, 0.2) is 5.76 Å². The predicted octanol–water partition coefficient (Wildman–Crippen LogP) is 2.89. The quantitative estimate of drug-likeness (QED) is 0.938. The van der Waals surface area contributed by atoms with Gasteiger partial charge >= 0.3 is 5.51 Å². The summed E-state index contributed by atoms with van der Waals surface area (Å²) in [7, 11) is -5.31. The smallest absolute Gasteiger partial charge is 0.378 e. The lowest BCUT2D eigenvalue weighted by molar-refractivity contribution is -0.0436. The van der Waals surface area contributed by atoms with Crippen LogP contribution in [-0.4, -0.2) is 19.1 Å². The number of nitrogens with zero attached hydrogens (tertiary/aromatic N) is 1. The van der Waals surface area contributed by atoms with E-state index in [1.807, 2.05) is 0 Å². The molecule has 2 aromatic rings. The van der Waals surface area contributed by atoms with Gasteiger partial charge in [-0.05, 0) is 31.2 Å². The molecule has 21 heavy (non-hydrogen) atoms. The van der Waals surface area contributed by atoms with Crippen LogP contribution in [-0.2, 0) is 16.4 Å². The molecule has 0 aliphatic carbocycles. The average Bonchev–Trinajstić information content (AvgIpc) is 2.81. The van der Waals surface area contributed by atoms with Gasteiger partial charge in [-0.25, -0.2) is 8.42 Å². The molecule has 0 amide bonds. The Bertz CT molecular complexity index is 721. The minimum Gasteiger partial charge on any atom is -0.378 e. The van der Waals surface area contributed by atoms with Crippen molar-refractivity contribution in [3.05, 3.63) is 41.8 Å². The molecule has 0 fully saturated rings. The SMILES string of the molecule is Cc1cc(CNc2ccc(S(=O)(=O)C(F)(F)F)cc2)on1. The second-order valence-electron chi connectivity index (χ2n) is 4.26. The van der Waals surface area contributed by atoms with Crippen LogP contribution in [0, 0.1) is 6.92 Å². The standard InChI is InChI=1S/C12H11F3N2O3S/c1-8-6-10(20-17-8)7-16-9-2-4-11(5-3-9)21(18,19)12(13,14)15/h2-6,16H,7H2,1H3. The van der Waals surface area contributed by atoms with Crippen LogP contribution in [0.4, 0.5) is 18.9 Å². The van der Waals surface area contributed by atoms with E-state index >= 15 is 0 Å². The fourth-order valence-electron chi connectivity index (χ4n) is 1.57. The molecule has 2 rings (SSSR count). The number of nitrogens with one attached hydrogen (secondary N) is 1. The van der Waals surface area contributed by atoms with E-state index in [-0.39, 0.29) is 6.54 Å². The van der Waals surface area contributed by atoms with Gasteiger partial charge in [0.2, 0.25) is 0 Å².